The quantitative estimate of drug-likeness (QED) is 0.661. The number of aryl methyl sites for hydroxylation is 1. The Morgan fingerprint density at radius 2 is 1.87 bits per heavy atom. The maximum Gasteiger partial charge on any atom is 0.418 e. The lowest BCUT2D eigenvalue weighted by atomic mass is 10.2. The number of rotatable bonds is 2. The number of hydrogen-bond acceptors (Lipinski definition) is 1. The third kappa shape index (κ3) is 2.71. The van der Waals surface area contributed by atoms with Crippen molar-refractivity contribution in [2.24, 2.45) is 14.1 Å². The summed E-state index contributed by atoms with van der Waals surface area (Å²) in [4.78, 5) is 12.2. The van der Waals surface area contributed by atoms with Crippen LogP contribution in [0.15, 0.2) is 39.9 Å². The highest BCUT2D eigenvalue weighted by atomic mass is 79.9. The molecule has 2 heterocycles. The highest BCUT2D eigenvalue weighted by molar-refractivity contribution is 9.10. The van der Waals surface area contributed by atoms with Crippen LogP contribution in [0.2, 0.25) is 0 Å². The van der Waals surface area contributed by atoms with E-state index in [1.54, 1.807) is 37.0 Å². The Kier molecular flexibility index (Phi) is 3.66. The summed E-state index contributed by atoms with van der Waals surface area (Å²) in [6.45, 7) is -0.0403. The van der Waals surface area contributed by atoms with Crippen molar-refractivity contribution in [3.63, 3.8) is 0 Å². The molecule has 3 aromatic rings. The van der Waals surface area contributed by atoms with Crippen LogP contribution in [0.3, 0.4) is 0 Å². The predicted octanol–water partition coefficient (Wildman–Crippen LogP) is 3.51. The van der Waals surface area contributed by atoms with Gasteiger partial charge in [0.15, 0.2) is 0 Å². The molecule has 0 saturated heterocycles. The largest absolute Gasteiger partial charge is 0.418 e. The van der Waals surface area contributed by atoms with Gasteiger partial charge in [-0.25, -0.2) is 0 Å². The number of fused-ring (bicyclic) bond motifs is 1. The summed E-state index contributed by atoms with van der Waals surface area (Å²) in [7, 11) is 3.09. The molecule has 1 aromatic carbocycles. The second-order valence-corrected chi connectivity index (χ2v) is 6.32. The van der Waals surface area contributed by atoms with Gasteiger partial charge in [0.2, 0.25) is 0 Å². The van der Waals surface area contributed by atoms with Gasteiger partial charge in [0, 0.05) is 36.5 Å². The summed E-state index contributed by atoms with van der Waals surface area (Å²) in [5, 5.41) is 0.472. The molecule has 0 aliphatic heterocycles. The van der Waals surface area contributed by atoms with Crippen molar-refractivity contribution in [3.8, 4) is 0 Å². The summed E-state index contributed by atoms with van der Waals surface area (Å²) in [5.74, 6) is 0. The fraction of sp³-hybridized carbons (Fsp3) is 0.267. The van der Waals surface area contributed by atoms with Gasteiger partial charge in [0.1, 0.15) is 0 Å². The van der Waals surface area contributed by atoms with Gasteiger partial charge in [-0.15, -0.1) is 0 Å². The average molecular weight is 388 g/mol. The van der Waals surface area contributed by atoms with E-state index in [-0.39, 0.29) is 17.7 Å². The fourth-order valence-corrected chi connectivity index (χ4v) is 3.07. The lowest BCUT2D eigenvalue weighted by molar-refractivity contribution is -0.138. The monoisotopic (exact) mass is 387 g/mol. The van der Waals surface area contributed by atoms with Crippen LogP contribution >= 0.6 is 15.9 Å². The smallest absolute Gasteiger partial charge is 0.356 e. The van der Waals surface area contributed by atoms with E-state index in [0.717, 1.165) is 10.7 Å². The molecular formula is C15H13BrF3N3O. The van der Waals surface area contributed by atoms with Crippen LogP contribution in [-0.2, 0) is 26.8 Å². The van der Waals surface area contributed by atoms with Crippen LogP contribution in [0.1, 0.15) is 11.1 Å². The molecule has 2 aromatic heterocycles. The lowest BCUT2D eigenvalue weighted by Gasteiger charge is -2.11. The Labute approximate surface area is 137 Å². The normalized spacial score (nSPS) is 12.3. The van der Waals surface area contributed by atoms with E-state index in [1.807, 2.05) is 0 Å². The van der Waals surface area contributed by atoms with E-state index in [2.05, 4.69) is 15.9 Å². The van der Waals surface area contributed by atoms with Crippen molar-refractivity contribution in [1.82, 2.24) is 13.9 Å². The van der Waals surface area contributed by atoms with Crippen LogP contribution in [0, 0.1) is 0 Å². The van der Waals surface area contributed by atoms with Crippen LogP contribution in [0.4, 0.5) is 13.2 Å². The summed E-state index contributed by atoms with van der Waals surface area (Å²) in [5.41, 5.74) is -0.224. The van der Waals surface area contributed by atoms with Crippen molar-refractivity contribution < 1.29 is 13.2 Å². The van der Waals surface area contributed by atoms with Gasteiger partial charge in [-0.1, -0.05) is 15.9 Å². The van der Waals surface area contributed by atoms with Crippen molar-refractivity contribution in [2.45, 2.75) is 12.7 Å². The third-order valence-corrected chi connectivity index (χ3v) is 4.28. The lowest BCUT2D eigenvalue weighted by Crippen LogP contribution is -2.20. The summed E-state index contributed by atoms with van der Waals surface area (Å²) in [6, 6.07) is 5.12. The highest BCUT2D eigenvalue weighted by Gasteiger charge is 2.34. The van der Waals surface area contributed by atoms with E-state index in [4.69, 9.17) is 0 Å². The van der Waals surface area contributed by atoms with Gasteiger partial charge < -0.3 is 4.57 Å². The zero-order chi connectivity index (χ0) is 16.9. The second-order valence-electron chi connectivity index (χ2n) is 5.41. The van der Waals surface area contributed by atoms with Gasteiger partial charge in [-0.3, -0.25) is 14.2 Å². The minimum absolute atomic E-state index is 0.0403. The molecule has 0 aliphatic carbocycles. The predicted molar refractivity (Wildman–Crippen MR) is 84.4 cm³/mol. The molecule has 0 unspecified atom stereocenters. The van der Waals surface area contributed by atoms with E-state index < -0.39 is 11.7 Å². The minimum atomic E-state index is -4.43. The van der Waals surface area contributed by atoms with Gasteiger partial charge in [0.05, 0.1) is 23.0 Å². The number of benzene rings is 1. The Bertz CT molecular complexity index is 949. The zero-order valence-corrected chi connectivity index (χ0v) is 13.9. The molecule has 3 rings (SSSR count). The van der Waals surface area contributed by atoms with Crippen molar-refractivity contribution in [2.75, 3.05) is 0 Å². The van der Waals surface area contributed by atoms with Crippen molar-refractivity contribution in [1.29, 1.82) is 0 Å². The van der Waals surface area contributed by atoms with Gasteiger partial charge in [-0.05, 0) is 18.2 Å². The van der Waals surface area contributed by atoms with E-state index in [9.17, 15) is 18.0 Å². The molecule has 23 heavy (non-hydrogen) atoms. The van der Waals surface area contributed by atoms with Crippen LogP contribution in [0.25, 0.3) is 10.9 Å². The molecule has 0 spiro atoms. The standard InChI is InChI=1S/C15H13BrF3N3O/c1-20-6-9(12(8-20)15(17,18)19)7-22-13-5-10(16)3-4-11(13)14(23)21(22)2/h3-6,8H,7H2,1-2H3. The van der Waals surface area contributed by atoms with E-state index in [0.29, 0.717) is 10.9 Å². The molecule has 0 aliphatic rings. The van der Waals surface area contributed by atoms with Gasteiger partial charge >= 0.3 is 6.18 Å². The van der Waals surface area contributed by atoms with Crippen molar-refractivity contribution >= 4 is 26.8 Å². The highest BCUT2D eigenvalue weighted by Crippen LogP contribution is 2.33. The fourth-order valence-electron chi connectivity index (χ4n) is 2.72. The van der Waals surface area contributed by atoms with Crippen molar-refractivity contribution in [3.05, 3.63) is 56.5 Å². The first-order valence-corrected chi connectivity index (χ1v) is 7.55. The topological polar surface area (TPSA) is 31.9 Å². The van der Waals surface area contributed by atoms with Gasteiger partial charge in [0.25, 0.3) is 5.56 Å². The maximum atomic E-state index is 13.1. The molecule has 122 valence electrons. The van der Waals surface area contributed by atoms with E-state index in [1.165, 1.54) is 15.4 Å². The molecule has 0 bridgehead atoms. The van der Waals surface area contributed by atoms with Crippen LogP contribution in [-0.4, -0.2) is 13.9 Å². The molecule has 4 nitrogen and oxygen atoms in total. The molecule has 0 saturated carbocycles. The number of nitrogens with zero attached hydrogens (tertiary/aromatic N) is 3. The summed E-state index contributed by atoms with van der Waals surface area (Å²) < 4.78 is 44.5. The maximum absolute atomic E-state index is 13.1. The molecule has 0 radical (unpaired) electrons. The minimum Gasteiger partial charge on any atom is -0.356 e. The Hall–Kier alpha value is -1.96. The number of alkyl halides is 3. The molecule has 0 N–H and O–H groups in total. The summed E-state index contributed by atoms with van der Waals surface area (Å²) in [6.07, 6.45) is -1.95. The number of aromatic nitrogens is 3. The SMILES string of the molecule is Cn1cc(Cn2c3cc(Br)ccc3c(=O)n2C)c(C(F)(F)F)c1. The first-order valence-electron chi connectivity index (χ1n) is 6.75. The number of hydrogen-bond donors (Lipinski definition) is 0. The second kappa shape index (κ2) is 5.30. The molecule has 0 amide bonds. The third-order valence-electron chi connectivity index (χ3n) is 3.79. The zero-order valence-electron chi connectivity index (χ0n) is 12.4. The Morgan fingerprint density at radius 3 is 2.52 bits per heavy atom. The summed E-state index contributed by atoms with van der Waals surface area (Å²) >= 11 is 3.33. The molecular weight excluding hydrogens is 375 g/mol. The Morgan fingerprint density at radius 1 is 1.17 bits per heavy atom. The first-order chi connectivity index (χ1) is 10.7. The van der Waals surface area contributed by atoms with E-state index >= 15 is 0 Å². The van der Waals surface area contributed by atoms with Crippen LogP contribution < -0.4 is 5.56 Å². The average Bonchev–Trinajstić information content (AvgIpc) is 2.93. The molecule has 0 fully saturated rings. The molecule has 0 atom stereocenters. The Balaban J connectivity index is 2.19. The molecule has 8 heteroatoms. The van der Waals surface area contributed by atoms with Gasteiger partial charge in [-0.2, -0.15) is 13.2 Å². The first kappa shape index (κ1) is 15.9. The number of halogens is 4. The van der Waals surface area contributed by atoms with Crippen LogP contribution in [0.5, 0.6) is 0 Å².